The summed E-state index contributed by atoms with van der Waals surface area (Å²) in [7, 11) is 0. The Balaban J connectivity index is 3.08. The van der Waals surface area contributed by atoms with Crippen LogP contribution in [0.4, 0.5) is 0 Å². The third kappa shape index (κ3) is 3.88. The maximum absolute atomic E-state index is 12.5. The third-order valence-corrected chi connectivity index (χ3v) is 3.94. The molecule has 1 aliphatic rings. The van der Waals surface area contributed by atoms with Crippen molar-refractivity contribution in [2.45, 2.75) is 52.9 Å². The molecule has 0 aliphatic heterocycles. The molecular weight excluding hydrogens is 284 g/mol. The summed E-state index contributed by atoms with van der Waals surface area (Å²) in [5, 5.41) is 0. The van der Waals surface area contributed by atoms with Crippen molar-refractivity contribution in [3.05, 3.63) is 0 Å². The molecule has 0 amide bonds. The van der Waals surface area contributed by atoms with Gasteiger partial charge < -0.3 is 9.47 Å². The normalized spacial score (nSPS) is 23.6. The number of rotatable bonds is 6. The Kier molecular flexibility index (Phi) is 7.10. The van der Waals surface area contributed by atoms with Crippen molar-refractivity contribution < 1.29 is 23.9 Å². The van der Waals surface area contributed by atoms with E-state index in [1.165, 1.54) is 0 Å². The largest absolute Gasteiger partial charge is 0.466 e. The van der Waals surface area contributed by atoms with Crippen LogP contribution in [0.3, 0.4) is 0 Å². The van der Waals surface area contributed by atoms with E-state index in [0.29, 0.717) is 12.8 Å². The molecule has 0 N–H and O–H groups in total. The van der Waals surface area contributed by atoms with E-state index < -0.39 is 17.3 Å². The molecule has 0 spiro atoms. The lowest BCUT2D eigenvalue weighted by Gasteiger charge is -2.29. The van der Waals surface area contributed by atoms with Gasteiger partial charge in [0, 0.05) is 25.7 Å². The number of Topliss-reactive ketones (excluding diaryl/α,β-unsaturated/α-hetero) is 1. The van der Waals surface area contributed by atoms with Crippen LogP contribution in [0.5, 0.6) is 0 Å². The molecule has 0 aromatic rings. The van der Waals surface area contributed by atoms with Gasteiger partial charge in [-0.15, -0.1) is 11.8 Å². The first-order chi connectivity index (χ1) is 10.5. The monoisotopic (exact) mass is 308 g/mol. The lowest BCUT2D eigenvalue weighted by Crippen LogP contribution is -2.43. The first kappa shape index (κ1) is 18.2. The van der Waals surface area contributed by atoms with Gasteiger partial charge in [0.15, 0.2) is 5.78 Å². The third-order valence-electron chi connectivity index (χ3n) is 3.94. The van der Waals surface area contributed by atoms with Crippen LogP contribution in [0.15, 0.2) is 0 Å². The minimum atomic E-state index is -1.31. The number of esters is 2. The molecule has 5 nitrogen and oxygen atoms in total. The van der Waals surface area contributed by atoms with Crippen LogP contribution in [-0.2, 0) is 23.9 Å². The Labute approximate surface area is 131 Å². The fourth-order valence-corrected chi connectivity index (χ4v) is 2.88. The summed E-state index contributed by atoms with van der Waals surface area (Å²) in [5.74, 6) is 4.27. The average Bonchev–Trinajstić information content (AvgIpc) is 2.78. The second-order valence-corrected chi connectivity index (χ2v) is 5.24. The lowest BCUT2D eigenvalue weighted by atomic mass is 9.73. The predicted octanol–water partition coefficient (Wildman–Crippen LogP) is 2.27. The van der Waals surface area contributed by atoms with Gasteiger partial charge in [-0.2, -0.15) is 0 Å². The molecule has 2 atom stereocenters. The summed E-state index contributed by atoms with van der Waals surface area (Å²) < 4.78 is 10.1. The molecule has 1 fully saturated rings. The van der Waals surface area contributed by atoms with Gasteiger partial charge in [0.25, 0.3) is 0 Å². The number of carbonyl (C=O) groups excluding carboxylic acids is 3. The summed E-state index contributed by atoms with van der Waals surface area (Å²) >= 11 is 0. The lowest BCUT2D eigenvalue weighted by molar-refractivity contribution is -0.162. The summed E-state index contributed by atoms with van der Waals surface area (Å²) in [5.41, 5.74) is -1.31. The van der Waals surface area contributed by atoms with Gasteiger partial charge in [-0.25, -0.2) is 0 Å². The molecule has 0 radical (unpaired) electrons. The van der Waals surface area contributed by atoms with Crippen molar-refractivity contribution in [1.29, 1.82) is 0 Å². The molecule has 0 heterocycles. The molecule has 1 saturated carbocycles. The molecule has 0 aromatic heterocycles. The fraction of sp³-hybridized carbons (Fsp3) is 0.706. The highest BCUT2D eigenvalue weighted by Gasteiger charge is 2.56. The Morgan fingerprint density at radius 3 is 2.45 bits per heavy atom. The molecule has 1 rings (SSSR count). The number of hydrogen-bond acceptors (Lipinski definition) is 5. The first-order valence-electron chi connectivity index (χ1n) is 7.84. The van der Waals surface area contributed by atoms with Gasteiger partial charge in [-0.1, -0.05) is 6.92 Å². The minimum absolute atomic E-state index is 0.0478. The highest BCUT2D eigenvalue weighted by molar-refractivity contribution is 6.06. The van der Waals surface area contributed by atoms with Crippen LogP contribution >= 0.6 is 0 Å². The van der Waals surface area contributed by atoms with E-state index >= 15 is 0 Å². The highest BCUT2D eigenvalue weighted by atomic mass is 16.5. The molecule has 0 bridgehead atoms. The van der Waals surface area contributed by atoms with E-state index in [1.807, 2.05) is 6.92 Å². The van der Waals surface area contributed by atoms with E-state index in [9.17, 15) is 14.4 Å². The van der Waals surface area contributed by atoms with E-state index in [1.54, 1.807) is 13.8 Å². The molecule has 122 valence electrons. The number of carbonyl (C=O) groups is 3. The van der Waals surface area contributed by atoms with Gasteiger partial charge in [0.05, 0.1) is 13.2 Å². The Bertz CT molecular complexity index is 485. The van der Waals surface area contributed by atoms with Crippen molar-refractivity contribution in [2.75, 3.05) is 13.2 Å². The van der Waals surface area contributed by atoms with Crippen molar-refractivity contribution in [3.63, 3.8) is 0 Å². The number of hydrogen-bond donors (Lipinski definition) is 0. The Morgan fingerprint density at radius 1 is 1.18 bits per heavy atom. The summed E-state index contributed by atoms with van der Waals surface area (Å²) in [6, 6.07) is 0. The molecule has 0 aromatic carbocycles. The molecular formula is C17H24O5. The summed E-state index contributed by atoms with van der Waals surface area (Å²) in [6.07, 6.45) is 1.57. The van der Waals surface area contributed by atoms with Crippen molar-refractivity contribution in [3.8, 4) is 11.8 Å². The number of ether oxygens (including phenoxy) is 2. The van der Waals surface area contributed by atoms with Gasteiger partial charge in [-0.05, 0) is 26.2 Å². The van der Waals surface area contributed by atoms with Crippen LogP contribution in [0, 0.1) is 23.2 Å². The predicted molar refractivity (Wildman–Crippen MR) is 80.7 cm³/mol. The smallest absolute Gasteiger partial charge is 0.320 e. The standard InChI is InChI=1S/C17H24O5/c1-4-7-8-11-17(16(20)22-6-3)13(9-10-14(17)18)12-15(19)21-5-2/h13H,4-6,9-12H2,1-3H3. The van der Waals surface area contributed by atoms with Crippen LogP contribution in [0.25, 0.3) is 0 Å². The highest BCUT2D eigenvalue weighted by Crippen LogP contribution is 2.46. The Hall–Kier alpha value is -1.83. The minimum Gasteiger partial charge on any atom is -0.466 e. The molecule has 22 heavy (non-hydrogen) atoms. The average molecular weight is 308 g/mol. The van der Waals surface area contributed by atoms with Crippen LogP contribution < -0.4 is 0 Å². The van der Waals surface area contributed by atoms with Crippen molar-refractivity contribution in [1.82, 2.24) is 0 Å². The maximum Gasteiger partial charge on any atom is 0.320 e. The summed E-state index contributed by atoms with van der Waals surface area (Å²) in [4.78, 5) is 36.7. The Morgan fingerprint density at radius 2 is 1.86 bits per heavy atom. The van der Waals surface area contributed by atoms with E-state index in [2.05, 4.69) is 11.8 Å². The second-order valence-electron chi connectivity index (χ2n) is 5.24. The van der Waals surface area contributed by atoms with E-state index in [4.69, 9.17) is 9.47 Å². The SMILES string of the molecule is CCC#CCC1(C(=O)OCC)C(=O)CCC1CC(=O)OCC. The van der Waals surface area contributed by atoms with Crippen LogP contribution in [0.1, 0.15) is 52.9 Å². The zero-order valence-corrected chi connectivity index (χ0v) is 13.6. The maximum atomic E-state index is 12.5. The van der Waals surface area contributed by atoms with Crippen LogP contribution in [0.2, 0.25) is 0 Å². The van der Waals surface area contributed by atoms with Crippen LogP contribution in [-0.4, -0.2) is 30.9 Å². The molecule has 1 aliphatic carbocycles. The second kappa shape index (κ2) is 8.57. The number of ketones is 1. The van der Waals surface area contributed by atoms with Gasteiger partial charge in [0.2, 0.25) is 0 Å². The van der Waals surface area contributed by atoms with Crippen molar-refractivity contribution >= 4 is 17.7 Å². The fourth-order valence-electron chi connectivity index (χ4n) is 2.88. The van der Waals surface area contributed by atoms with Gasteiger partial charge in [0.1, 0.15) is 5.41 Å². The zero-order valence-electron chi connectivity index (χ0n) is 13.6. The van der Waals surface area contributed by atoms with Crippen molar-refractivity contribution in [2.24, 2.45) is 11.3 Å². The topological polar surface area (TPSA) is 69.7 Å². The van der Waals surface area contributed by atoms with E-state index in [-0.39, 0.29) is 44.2 Å². The molecule has 0 saturated heterocycles. The first-order valence-corrected chi connectivity index (χ1v) is 7.84. The summed E-state index contributed by atoms with van der Waals surface area (Å²) in [6.45, 7) is 5.80. The molecule has 5 heteroatoms. The zero-order chi connectivity index (χ0) is 16.6. The molecule has 2 unspecified atom stereocenters. The van der Waals surface area contributed by atoms with E-state index in [0.717, 1.165) is 0 Å². The quantitative estimate of drug-likeness (QED) is 0.428. The van der Waals surface area contributed by atoms with Gasteiger partial charge in [-0.3, -0.25) is 14.4 Å². The van der Waals surface area contributed by atoms with Gasteiger partial charge >= 0.3 is 11.9 Å².